The highest BCUT2D eigenvalue weighted by Gasteiger charge is 2.25. The van der Waals surface area contributed by atoms with Crippen LogP contribution in [0.15, 0.2) is 16.9 Å². The molecule has 0 aromatic carbocycles. The van der Waals surface area contributed by atoms with Crippen molar-refractivity contribution >= 4 is 11.7 Å². The molecule has 0 bridgehead atoms. The van der Waals surface area contributed by atoms with Gasteiger partial charge < -0.3 is 10.2 Å². The number of anilines is 1. The van der Waals surface area contributed by atoms with E-state index in [-0.39, 0.29) is 23.6 Å². The lowest BCUT2D eigenvalue weighted by molar-refractivity contribution is -0.122. The summed E-state index contributed by atoms with van der Waals surface area (Å²) in [6.45, 7) is 5.52. The number of nitrogens with one attached hydrogen (secondary N) is 1. The lowest BCUT2D eigenvalue weighted by Gasteiger charge is -2.37. The summed E-state index contributed by atoms with van der Waals surface area (Å²) in [5.74, 6) is 1.60. The minimum atomic E-state index is -0.0674. The molecule has 3 rings (SSSR count). The van der Waals surface area contributed by atoms with Gasteiger partial charge in [0.2, 0.25) is 5.91 Å². The van der Waals surface area contributed by atoms with Crippen LogP contribution in [0.4, 0.5) is 5.82 Å². The van der Waals surface area contributed by atoms with Gasteiger partial charge in [-0.1, -0.05) is 12.8 Å². The maximum Gasteiger partial charge on any atom is 0.267 e. The summed E-state index contributed by atoms with van der Waals surface area (Å²) in [4.78, 5) is 26.5. The smallest absolute Gasteiger partial charge is 0.267 e. The summed E-state index contributed by atoms with van der Waals surface area (Å²) < 4.78 is 1.54. The highest BCUT2D eigenvalue weighted by molar-refractivity contribution is 5.76. The predicted octanol–water partition coefficient (Wildman–Crippen LogP) is 2.88. The number of rotatable bonds is 6. The van der Waals surface area contributed by atoms with Crippen molar-refractivity contribution in [1.82, 2.24) is 15.1 Å². The van der Waals surface area contributed by atoms with E-state index in [2.05, 4.69) is 15.3 Å². The van der Waals surface area contributed by atoms with Crippen molar-refractivity contribution < 1.29 is 4.79 Å². The molecule has 1 saturated carbocycles. The number of aromatic nitrogens is 2. The molecule has 1 aliphatic carbocycles. The Kier molecular flexibility index (Phi) is 6.33. The summed E-state index contributed by atoms with van der Waals surface area (Å²) in [5, 5.41) is 7.72. The van der Waals surface area contributed by atoms with Gasteiger partial charge >= 0.3 is 0 Å². The fourth-order valence-electron chi connectivity index (χ4n) is 4.23. The van der Waals surface area contributed by atoms with Crippen LogP contribution in [-0.2, 0) is 4.79 Å². The minimum absolute atomic E-state index is 0.0387. The minimum Gasteiger partial charge on any atom is -0.354 e. The number of hydrogen-bond donors (Lipinski definition) is 1. The third-order valence-electron chi connectivity index (χ3n) is 5.71. The van der Waals surface area contributed by atoms with Gasteiger partial charge in [-0.3, -0.25) is 9.59 Å². The number of piperidine rings is 1. The van der Waals surface area contributed by atoms with E-state index in [1.807, 2.05) is 19.9 Å². The Labute approximate surface area is 156 Å². The van der Waals surface area contributed by atoms with Crippen molar-refractivity contribution in [3.8, 4) is 0 Å². The maximum atomic E-state index is 12.3. The Hall–Kier alpha value is -1.85. The Morgan fingerprint density at radius 2 is 1.92 bits per heavy atom. The van der Waals surface area contributed by atoms with Crippen molar-refractivity contribution in [2.75, 3.05) is 18.0 Å². The van der Waals surface area contributed by atoms with Crippen LogP contribution in [0.25, 0.3) is 0 Å². The molecular weight excluding hydrogens is 328 g/mol. The van der Waals surface area contributed by atoms with E-state index in [9.17, 15) is 9.59 Å². The largest absolute Gasteiger partial charge is 0.354 e. The van der Waals surface area contributed by atoms with Gasteiger partial charge in [-0.15, -0.1) is 0 Å². The molecule has 1 saturated heterocycles. The third-order valence-corrected chi connectivity index (χ3v) is 5.71. The van der Waals surface area contributed by atoms with Crippen molar-refractivity contribution in [3.05, 3.63) is 22.5 Å². The molecule has 6 heteroatoms. The lowest BCUT2D eigenvalue weighted by Crippen LogP contribution is -2.48. The normalized spacial score (nSPS) is 21.3. The maximum absolute atomic E-state index is 12.3. The number of hydrogen-bond acceptors (Lipinski definition) is 4. The topological polar surface area (TPSA) is 67.2 Å². The average molecular weight is 361 g/mol. The van der Waals surface area contributed by atoms with Crippen LogP contribution in [0, 0.1) is 5.92 Å². The second-order valence-electron chi connectivity index (χ2n) is 8.07. The van der Waals surface area contributed by atoms with Crippen LogP contribution in [0.2, 0.25) is 0 Å². The molecule has 1 amide bonds. The van der Waals surface area contributed by atoms with E-state index >= 15 is 0 Å². The number of nitrogens with zero attached hydrogens (tertiary/aromatic N) is 3. The monoisotopic (exact) mass is 360 g/mol. The first-order valence-electron chi connectivity index (χ1n) is 10.2. The standard InChI is InChI=1S/C20H32N4O2/c1-15(2)24-20(26)11-10-18(22-24)23-12-6-5-9-17(23)14-21-19(25)13-16-7-3-4-8-16/h10-11,15-17H,3-9,12-14H2,1-2H3,(H,21,25). The zero-order chi connectivity index (χ0) is 18.5. The first-order valence-corrected chi connectivity index (χ1v) is 10.2. The van der Waals surface area contributed by atoms with Crippen molar-refractivity contribution in [1.29, 1.82) is 0 Å². The van der Waals surface area contributed by atoms with Gasteiger partial charge in [0.05, 0.1) is 6.04 Å². The molecule has 6 nitrogen and oxygen atoms in total. The molecule has 144 valence electrons. The molecular formula is C20H32N4O2. The van der Waals surface area contributed by atoms with Gasteiger partial charge in [-0.25, -0.2) is 4.68 Å². The van der Waals surface area contributed by atoms with Crippen LogP contribution < -0.4 is 15.8 Å². The van der Waals surface area contributed by atoms with E-state index < -0.39 is 0 Å². The fourth-order valence-corrected chi connectivity index (χ4v) is 4.23. The Balaban J connectivity index is 1.63. The Morgan fingerprint density at radius 1 is 1.19 bits per heavy atom. The van der Waals surface area contributed by atoms with E-state index in [1.54, 1.807) is 10.7 Å². The molecule has 1 N–H and O–H groups in total. The van der Waals surface area contributed by atoms with Crippen LogP contribution in [0.5, 0.6) is 0 Å². The van der Waals surface area contributed by atoms with E-state index in [1.165, 1.54) is 32.1 Å². The fraction of sp³-hybridized carbons (Fsp3) is 0.750. The van der Waals surface area contributed by atoms with Crippen LogP contribution in [-0.4, -0.2) is 34.8 Å². The van der Waals surface area contributed by atoms with E-state index in [4.69, 9.17) is 0 Å². The van der Waals surface area contributed by atoms with Gasteiger partial charge in [0.1, 0.15) is 5.82 Å². The second kappa shape index (κ2) is 8.69. The van der Waals surface area contributed by atoms with E-state index in [0.717, 1.165) is 25.2 Å². The number of amides is 1. The first kappa shape index (κ1) is 18.9. The van der Waals surface area contributed by atoms with Crippen LogP contribution in [0.3, 0.4) is 0 Å². The summed E-state index contributed by atoms with van der Waals surface area (Å²) >= 11 is 0. The molecule has 1 aromatic rings. The number of carbonyl (C=O) groups excluding carboxylic acids is 1. The average Bonchev–Trinajstić information content (AvgIpc) is 3.13. The van der Waals surface area contributed by atoms with Gasteiger partial charge in [-0.05, 0) is 57.9 Å². The molecule has 26 heavy (non-hydrogen) atoms. The Bertz CT molecular complexity index is 664. The zero-order valence-electron chi connectivity index (χ0n) is 16.1. The molecule has 1 atom stereocenters. The van der Waals surface area contributed by atoms with Crippen molar-refractivity contribution in [3.63, 3.8) is 0 Å². The first-order chi connectivity index (χ1) is 12.5. The summed E-state index contributed by atoms with van der Waals surface area (Å²) in [7, 11) is 0. The van der Waals surface area contributed by atoms with Gasteiger partial charge in [0, 0.05) is 31.6 Å². The van der Waals surface area contributed by atoms with Crippen molar-refractivity contribution in [2.24, 2.45) is 5.92 Å². The zero-order valence-corrected chi connectivity index (χ0v) is 16.1. The molecule has 0 radical (unpaired) electrons. The molecule has 2 heterocycles. The summed E-state index contributed by atoms with van der Waals surface area (Å²) in [5.41, 5.74) is -0.0674. The quantitative estimate of drug-likeness (QED) is 0.847. The van der Waals surface area contributed by atoms with Crippen LogP contribution >= 0.6 is 0 Å². The summed E-state index contributed by atoms with van der Waals surface area (Å²) in [6, 6.07) is 3.71. The molecule has 2 aliphatic rings. The van der Waals surface area contributed by atoms with Gasteiger partial charge in [0.25, 0.3) is 5.56 Å². The predicted molar refractivity (Wildman–Crippen MR) is 103 cm³/mol. The second-order valence-corrected chi connectivity index (χ2v) is 8.07. The SMILES string of the molecule is CC(C)n1nc(N2CCCCC2CNC(=O)CC2CCCC2)ccc1=O. The summed E-state index contributed by atoms with van der Waals surface area (Å²) in [6.07, 6.45) is 8.94. The molecule has 1 unspecified atom stereocenters. The highest BCUT2D eigenvalue weighted by Crippen LogP contribution is 2.27. The Morgan fingerprint density at radius 3 is 2.65 bits per heavy atom. The van der Waals surface area contributed by atoms with Crippen molar-refractivity contribution in [2.45, 2.75) is 77.3 Å². The lowest BCUT2D eigenvalue weighted by atomic mass is 10.0. The van der Waals surface area contributed by atoms with Crippen LogP contribution in [0.1, 0.15) is 71.3 Å². The molecule has 0 spiro atoms. The molecule has 2 fully saturated rings. The highest BCUT2D eigenvalue weighted by atomic mass is 16.1. The van der Waals surface area contributed by atoms with Gasteiger partial charge in [0.15, 0.2) is 0 Å². The number of carbonyl (C=O) groups is 1. The van der Waals surface area contributed by atoms with Gasteiger partial charge in [-0.2, -0.15) is 5.10 Å². The van der Waals surface area contributed by atoms with E-state index in [0.29, 0.717) is 18.9 Å². The third kappa shape index (κ3) is 4.65. The molecule has 1 aliphatic heterocycles. The molecule has 1 aromatic heterocycles.